The Morgan fingerprint density at radius 2 is 2.00 bits per heavy atom. The van der Waals surface area contributed by atoms with Crippen molar-refractivity contribution in [1.82, 2.24) is 0 Å². The third-order valence-electron chi connectivity index (χ3n) is 2.08. The first kappa shape index (κ1) is 13.0. The number of phosphoric ester groups is 1. The second kappa shape index (κ2) is 4.86. The van der Waals surface area contributed by atoms with Gasteiger partial charge in [0.25, 0.3) is 0 Å². The lowest BCUT2D eigenvalue weighted by Gasteiger charge is -2.35. The standard InChI is InChI=1S/C6H14NO7P/c7-3-1-13-4(6(9)5(3)8)2-14-15(10,11)12/h3-6,8-9H,1-2,7H2,(H2,10,11,12)/t3?,4-,5-,6?/m1/s1. The summed E-state index contributed by atoms with van der Waals surface area (Å²) in [6.45, 7) is -0.511. The van der Waals surface area contributed by atoms with Crippen LogP contribution < -0.4 is 5.73 Å². The zero-order chi connectivity index (χ0) is 11.6. The minimum Gasteiger partial charge on any atom is -0.389 e. The van der Waals surface area contributed by atoms with Crippen LogP contribution in [0.2, 0.25) is 0 Å². The average molecular weight is 243 g/mol. The van der Waals surface area contributed by atoms with E-state index >= 15 is 0 Å². The van der Waals surface area contributed by atoms with Gasteiger partial charge in [0.15, 0.2) is 0 Å². The van der Waals surface area contributed by atoms with Gasteiger partial charge in [-0.05, 0) is 0 Å². The second-order valence-corrected chi connectivity index (χ2v) is 4.54. The number of rotatable bonds is 3. The number of ether oxygens (including phenoxy) is 1. The molecular weight excluding hydrogens is 229 g/mol. The molecule has 1 aliphatic heterocycles. The summed E-state index contributed by atoms with van der Waals surface area (Å²) in [5, 5.41) is 18.8. The number of phosphoric acid groups is 1. The van der Waals surface area contributed by atoms with Crippen LogP contribution in [0.4, 0.5) is 0 Å². The summed E-state index contributed by atoms with van der Waals surface area (Å²) in [6, 6.07) is -0.716. The topological polar surface area (TPSA) is 142 Å². The molecule has 0 bridgehead atoms. The van der Waals surface area contributed by atoms with Gasteiger partial charge in [0, 0.05) is 0 Å². The number of hydrogen-bond donors (Lipinski definition) is 5. The van der Waals surface area contributed by atoms with Gasteiger partial charge in [-0.1, -0.05) is 0 Å². The summed E-state index contributed by atoms with van der Waals surface area (Å²) >= 11 is 0. The van der Waals surface area contributed by atoms with Gasteiger partial charge in [0.1, 0.15) is 12.2 Å². The Kier molecular flexibility index (Phi) is 4.21. The molecule has 0 aromatic heterocycles. The summed E-state index contributed by atoms with van der Waals surface area (Å²) in [5.74, 6) is 0. The van der Waals surface area contributed by atoms with E-state index in [1.54, 1.807) is 0 Å². The molecule has 0 radical (unpaired) electrons. The Morgan fingerprint density at radius 1 is 1.40 bits per heavy atom. The molecule has 1 aliphatic rings. The third-order valence-corrected chi connectivity index (χ3v) is 2.56. The van der Waals surface area contributed by atoms with E-state index in [1.165, 1.54) is 0 Å². The summed E-state index contributed by atoms with van der Waals surface area (Å²) < 4.78 is 19.5. The van der Waals surface area contributed by atoms with Crippen LogP contribution in [0.3, 0.4) is 0 Å². The molecule has 6 N–H and O–H groups in total. The number of aliphatic hydroxyl groups is 2. The Bertz CT molecular complexity index is 256. The zero-order valence-electron chi connectivity index (χ0n) is 7.76. The molecule has 1 saturated heterocycles. The summed E-state index contributed by atoms with van der Waals surface area (Å²) in [5.41, 5.74) is 5.38. The van der Waals surface area contributed by atoms with Crippen LogP contribution in [0.15, 0.2) is 0 Å². The molecule has 0 aliphatic carbocycles. The molecule has 8 nitrogen and oxygen atoms in total. The zero-order valence-corrected chi connectivity index (χ0v) is 8.66. The summed E-state index contributed by atoms with van der Waals surface area (Å²) in [7, 11) is -4.60. The van der Waals surface area contributed by atoms with Crippen molar-refractivity contribution in [3.63, 3.8) is 0 Å². The second-order valence-electron chi connectivity index (χ2n) is 3.30. The normalized spacial score (nSPS) is 37.9. The van der Waals surface area contributed by atoms with Gasteiger partial charge in [-0.2, -0.15) is 0 Å². The van der Waals surface area contributed by atoms with Crippen molar-refractivity contribution in [3.8, 4) is 0 Å². The maximum atomic E-state index is 10.4. The molecule has 0 spiro atoms. The minimum atomic E-state index is -4.60. The average Bonchev–Trinajstić information content (AvgIpc) is 2.12. The number of nitrogens with two attached hydrogens (primary N) is 1. The highest BCUT2D eigenvalue weighted by atomic mass is 31.2. The van der Waals surface area contributed by atoms with Crippen LogP contribution in [-0.2, 0) is 13.8 Å². The highest BCUT2D eigenvalue weighted by Crippen LogP contribution is 2.36. The highest BCUT2D eigenvalue weighted by molar-refractivity contribution is 7.46. The molecule has 1 heterocycles. The van der Waals surface area contributed by atoms with E-state index in [1.807, 2.05) is 0 Å². The predicted molar refractivity (Wildman–Crippen MR) is 47.7 cm³/mol. The molecule has 4 atom stereocenters. The Labute approximate surface area is 85.9 Å². The Balaban J connectivity index is 2.46. The third kappa shape index (κ3) is 3.78. The van der Waals surface area contributed by atoms with Crippen LogP contribution >= 0.6 is 7.82 Å². The SMILES string of the molecule is NC1CO[C@H](COP(=O)(O)O)C(O)[C@@H]1O. The van der Waals surface area contributed by atoms with E-state index in [-0.39, 0.29) is 6.61 Å². The monoisotopic (exact) mass is 243 g/mol. The first-order chi connectivity index (χ1) is 6.81. The van der Waals surface area contributed by atoms with E-state index < -0.39 is 38.8 Å². The van der Waals surface area contributed by atoms with Crippen LogP contribution in [0.5, 0.6) is 0 Å². The minimum absolute atomic E-state index is 0.00654. The van der Waals surface area contributed by atoms with Crippen molar-refractivity contribution < 1.29 is 33.8 Å². The first-order valence-corrected chi connectivity index (χ1v) is 5.77. The maximum absolute atomic E-state index is 10.4. The van der Waals surface area contributed by atoms with Crippen molar-refractivity contribution in [3.05, 3.63) is 0 Å². The lowest BCUT2D eigenvalue weighted by atomic mass is 9.99. The van der Waals surface area contributed by atoms with E-state index in [2.05, 4.69) is 4.52 Å². The maximum Gasteiger partial charge on any atom is 0.469 e. The molecule has 0 aromatic carbocycles. The lowest BCUT2D eigenvalue weighted by Crippen LogP contribution is -2.57. The van der Waals surface area contributed by atoms with Gasteiger partial charge in [0.05, 0.1) is 25.4 Å². The molecule has 0 aromatic rings. The van der Waals surface area contributed by atoms with Gasteiger partial charge < -0.3 is 30.5 Å². The van der Waals surface area contributed by atoms with Crippen LogP contribution in [0.1, 0.15) is 0 Å². The fraction of sp³-hybridized carbons (Fsp3) is 1.00. The molecule has 0 saturated carbocycles. The lowest BCUT2D eigenvalue weighted by molar-refractivity contribution is -0.154. The fourth-order valence-corrected chi connectivity index (χ4v) is 1.56. The molecular formula is C6H14NO7P. The van der Waals surface area contributed by atoms with Crippen molar-refractivity contribution in [2.75, 3.05) is 13.2 Å². The molecule has 2 unspecified atom stereocenters. The fourth-order valence-electron chi connectivity index (χ4n) is 1.22. The van der Waals surface area contributed by atoms with Crippen molar-refractivity contribution in [2.24, 2.45) is 5.73 Å². The molecule has 0 amide bonds. The van der Waals surface area contributed by atoms with Crippen LogP contribution in [-0.4, -0.2) is 57.6 Å². The van der Waals surface area contributed by atoms with E-state index in [9.17, 15) is 14.8 Å². The molecule has 1 rings (SSSR count). The quantitative estimate of drug-likeness (QED) is 0.343. The van der Waals surface area contributed by atoms with Gasteiger partial charge in [0.2, 0.25) is 0 Å². The van der Waals surface area contributed by atoms with E-state index in [0.717, 1.165) is 0 Å². The Hall–Kier alpha value is -0.0500. The smallest absolute Gasteiger partial charge is 0.389 e. The molecule has 9 heteroatoms. The largest absolute Gasteiger partial charge is 0.469 e. The molecule has 15 heavy (non-hydrogen) atoms. The molecule has 1 fully saturated rings. The van der Waals surface area contributed by atoms with Crippen molar-refractivity contribution >= 4 is 7.82 Å². The van der Waals surface area contributed by atoms with Crippen LogP contribution in [0.25, 0.3) is 0 Å². The van der Waals surface area contributed by atoms with Gasteiger partial charge in [-0.25, -0.2) is 4.57 Å². The number of aliphatic hydroxyl groups excluding tert-OH is 2. The molecule has 90 valence electrons. The van der Waals surface area contributed by atoms with Crippen molar-refractivity contribution in [1.29, 1.82) is 0 Å². The van der Waals surface area contributed by atoms with Gasteiger partial charge in [-0.15, -0.1) is 0 Å². The Morgan fingerprint density at radius 3 is 2.53 bits per heavy atom. The predicted octanol–water partition coefficient (Wildman–Crippen LogP) is -2.46. The van der Waals surface area contributed by atoms with Crippen molar-refractivity contribution in [2.45, 2.75) is 24.4 Å². The van der Waals surface area contributed by atoms with Gasteiger partial charge in [-0.3, -0.25) is 4.52 Å². The van der Waals surface area contributed by atoms with Crippen LogP contribution in [0, 0.1) is 0 Å². The number of hydrogen-bond acceptors (Lipinski definition) is 6. The highest BCUT2D eigenvalue weighted by Gasteiger charge is 2.37. The summed E-state index contributed by atoms with van der Waals surface area (Å²) in [6.07, 6.45) is -3.50. The van der Waals surface area contributed by atoms with E-state index in [4.69, 9.17) is 20.3 Å². The first-order valence-electron chi connectivity index (χ1n) is 4.24. The summed E-state index contributed by atoms with van der Waals surface area (Å²) in [4.78, 5) is 16.8. The van der Waals surface area contributed by atoms with Gasteiger partial charge >= 0.3 is 7.82 Å². The van der Waals surface area contributed by atoms with E-state index in [0.29, 0.717) is 0 Å².